The van der Waals surface area contributed by atoms with E-state index in [0.717, 1.165) is 13.0 Å². The summed E-state index contributed by atoms with van der Waals surface area (Å²) in [5, 5.41) is 6.04. The second kappa shape index (κ2) is 4.33. The van der Waals surface area contributed by atoms with Crippen LogP contribution >= 0.6 is 0 Å². The van der Waals surface area contributed by atoms with Crippen molar-refractivity contribution in [2.75, 3.05) is 18.4 Å². The van der Waals surface area contributed by atoms with Crippen molar-refractivity contribution in [3.63, 3.8) is 0 Å². The van der Waals surface area contributed by atoms with Crippen LogP contribution in [0.15, 0.2) is 23.1 Å². The van der Waals surface area contributed by atoms with Gasteiger partial charge in [-0.1, -0.05) is 0 Å². The summed E-state index contributed by atoms with van der Waals surface area (Å²) in [6.07, 6.45) is 2.47. The average molecular weight is 235 g/mol. The smallest absolute Gasteiger partial charge is 0.250 e. The highest BCUT2D eigenvalue weighted by atomic mass is 16.2. The summed E-state index contributed by atoms with van der Waals surface area (Å²) in [5.41, 5.74) is 0.219. The van der Waals surface area contributed by atoms with Crippen LogP contribution in [-0.4, -0.2) is 23.6 Å². The maximum atomic E-state index is 12.1. The molecule has 0 radical (unpaired) electrons. The van der Waals surface area contributed by atoms with E-state index in [2.05, 4.69) is 10.6 Å². The second-order valence-electron chi connectivity index (χ2n) is 4.81. The molecule has 0 spiro atoms. The molecule has 0 aromatic carbocycles. The maximum absolute atomic E-state index is 12.1. The van der Waals surface area contributed by atoms with Crippen molar-refractivity contribution >= 4 is 11.6 Å². The molecule has 1 aliphatic rings. The molecule has 0 bridgehead atoms. The van der Waals surface area contributed by atoms with Gasteiger partial charge in [-0.25, -0.2) is 0 Å². The van der Waals surface area contributed by atoms with Gasteiger partial charge in [0, 0.05) is 25.9 Å². The number of aryl methyl sites for hydroxylation is 1. The number of hydrogen-bond donors (Lipinski definition) is 2. The van der Waals surface area contributed by atoms with Crippen LogP contribution in [0.5, 0.6) is 0 Å². The molecule has 5 heteroatoms. The molecule has 2 rings (SSSR count). The van der Waals surface area contributed by atoms with Crippen molar-refractivity contribution in [3.8, 4) is 0 Å². The molecule has 5 nitrogen and oxygen atoms in total. The fourth-order valence-corrected chi connectivity index (χ4v) is 1.96. The molecule has 1 amide bonds. The summed E-state index contributed by atoms with van der Waals surface area (Å²) in [7, 11) is 1.66. The first kappa shape index (κ1) is 11.9. The van der Waals surface area contributed by atoms with Crippen molar-refractivity contribution in [1.82, 2.24) is 9.88 Å². The first-order chi connectivity index (χ1) is 8.01. The van der Waals surface area contributed by atoms with Gasteiger partial charge in [-0.15, -0.1) is 0 Å². The summed E-state index contributed by atoms with van der Waals surface area (Å²) in [5.74, 6) is 0.00106. The molecule has 1 aromatic heterocycles. The SMILES string of the molecule is Cn1cc(NC(=O)C2(C)CCNC2)ccc1=O. The maximum Gasteiger partial charge on any atom is 0.250 e. The lowest BCUT2D eigenvalue weighted by Gasteiger charge is -2.21. The van der Waals surface area contributed by atoms with E-state index in [1.807, 2.05) is 6.92 Å². The number of anilines is 1. The molecule has 92 valence electrons. The first-order valence-corrected chi connectivity index (χ1v) is 5.70. The molecule has 1 saturated heterocycles. The quantitative estimate of drug-likeness (QED) is 0.776. The Labute approximate surface area is 99.8 Å². The van der Waals surface area contributed by atoms with E-state index in [0.29, 0.717) is 12.2 Å². The number of carbonyl (C=O) groups is 1. The lowest BCUT2D eigenvalue weighted by atomic mass is 9.89. The van der Waals surface area contributed by atoms with Crippen molar-refractivity contribution in [1.29, 1.82) is 0 Å². The van der Waals surface area contributed by atoms with Gasteiger partial charge in [0.1, 0.15) is 0 Å². The van der Waals surface area contributed by atoms with Crippen molar-refractivity contribution in [2.45, 2.75) is 13.3 Å². The van der Waals surface area contributed by atoms with Crippen LogP contribution in [0.25, 0.3) is 0 Å². The van der Waals surface area contributed by atoms with Gasteiger partial charge < -0.3 is 15.2 Å². The van der Waals surface area contributed by atoms with E-state index in [1.54, 1.807) is 19.3 Å². The second-order valence-corrected chi connectivity index (χ2v) is 4.81. The molecule has 1 atom stereocenters. The van der Waals surface area contributed by atoms with Gasteiger partial charge in [0.05, 0.1) is 11.1 Å². The van der Waals surface area contributed by atoms with Crippen LogP contribution < -0.4 is 16.2 Å². The van der Waals surface area contributed by atoms with Crippen molar-refractivity contribution < 1.29 is 4.79 Å². The molecular weight excluding hydrogens is 218 g/mol. The van der Waals surface area contributed by atoms with E-state index < -0.39 is 0 Å². The number of carbonyl (C=O) groups excluding carboxylic acids is 1. The van der Waals surface area contributed by atoms with Gasteiger partial charge in [-0.3, -0.25) is 9.59 Å². The minimum atomic E-state index is -0.352. The Bertz CT molecular complexity index is 487. The third-order valence-electron chi connectivity index (χ3n) is 3.26. The van der Waals surface area contributed by atoms with Crippen LogP contribution in [-0.2, 0) is 11.8 Å². The molecule has 0 aliphatic carbocycles. The van der Waals surface area contributed by atoms with E-state index >= 15 is 0 Å². The predicted molar refractivity (Wildman–Crippen MR) is 65.9 cm³/mol. The van der Waals surface area contributed by atoms with Crippen LogP contribution in [0.2, 0.25) is 0 Å². The number of rotatable bonds is 2. The third-order valence-corrected chi connectivity index (χ3v) is 3.26. The lowest BCUT2D eigenvalue weighted by molar-refractivity contribution is -0.123. The normalized spacial score (nSPS) is 23.6. The lowest BCUT2D eigenvalue weighted by Crippen LogP contribution is -2.35. The Morgan fingerprint density at radius 3 is 2.88 bits per heavy atom. The van der Waals surface area contributed by atoms with Crippen molar-refractivity contribution in [2.24, 2.45) is 12.5 Å². The summed E-state index contributed by atoms with van der Waals surface area (Å²) >= 11 is 0. The van der Waals surface area contributed by atoms with E-state index in [1.165, 1.54) is 10.6 Å². The van der Waals surface area contributed by atoms with Crippen LogP contribution in [0.4, 0.5) is 5.69 Å². The topological polar surface area (TPSA) is 63.1 Å². The highest BCUT2D eigenvalue weighted by molar-refractivity contribution is 5.95. The molecule has 1 fully saturated rings. The van der Waals surface area contributed by atoms with Gasteiger partial charge in [-0.05, 0) is 26.0 Å². The van der Waals surface area contributed by atoms with Crippen molar-refractivity contribution in [3.05, 3.63) is 28.7 Å². The molecule has 1 aromatic rings. The summed E-state index contributed by atoms with van der Waals surface area (Å²) in [4.78, 5) is 23.3. The highest BCUT2D eigenvalue weighted by Crippen LogP contribution is 2.26. The minimum Gasteiger partial charge on any atom is -0.324 e. The fraction of sp³-hybridized carbons (Fsp3) is 0.500. The number of amides is 1. The Hall–Kier alpha value is -1.62. The molecule has 2 N–H and O–H groups in total. The van der Waals surface area contributed by atoms with Gasteiger partial charge in [0.15, 0.2) is 0 Å². The fourth-order valence-electron chi connectivity index (χ4n) is 1.96. The largest absolute Gasteiger partial charge is 0.324 e. The van der Waals surface area contributed by atoms with Gasteiger partial charge in [0.2, 0.25) is 11.5 Å². The molecule has 17 heavy (non-hydrogen) atoms. The average Bonchev–Trinajstić information content (AvgIpc) is 2.72. The van der Waals surface area contributed by atoms with Crippen LogP contribution in [0, 0.1) is 5.41 Å². The minimum absolute atomic E-state index is 0.00106. The monoisotopic (exact) mass is 235 g/mol. The number of aromatic nitrogens is 1. The number of hydrogen-bond acceptors (Lipinski definition) is 3. The highest BCUT2D eigenvalue weighted by Gasteiger charge is 2.36. The molecule has 1 unspecified atom stereocenters. The van der Waals surface area contributed by atoms with Crippen LogP contribution in [0.3, 0.4) is 0 Å². The summed E-state index contributed by atoms with van der Waals surface area (Å²) < 4.78 is 1.45. The van der Waals surface area contributed by atoms with Crippen LogP contribution in [0.1, 0.15) is 13.3 Å². The van der Waals surface area contributed by atoms with Gasteiger partial charge in [0.25, 0.3) is 0 Å². The number of nitrogens with one attached hydrogen (secondary N) is 2. The standard InChI is InChI=1S/C12H17N3O2/c1-12(5-6-13-8-12)11(17)14-9-3-4-10(16)15(2)7-9/h3-4,7,13H,5-6,8H2,1-2H3,(H,14,17). The molecule has 1 aliphatic heterocycles. The zero-order chi connectivity index (χ0) is 12.5. The molecule has 0 saturated carbocycles. The predicted octanol–water partition coefficient (Wildman–Crippen LogP) is 0.323. The first-order valence-electron chi connectivity index (χ1n) is 5.70. The summed E-state index contributed by atoms with van der Waals surface area (Å²) in [6, 6.07) is 3.08. The Kier molecular flexibility index (Phi) is 3.02. The third kappa shape index (κ3) is 2.39. The Morgan fingerprint density at radius 1 is 1.53 bits per heavy atom. The van der Waals surface area contributed by atoms with Gasteiger partial charge >= 0.3 is 0 Å². The summed E-state index contributed by atoms with van der Waals surface area (Å²) in [6.45, 7) is 3.52. The van der Waals surface area contributed by atoms with Gasteiger partial charge in [-0.2, -0.15) is 0 Å². The Morgan fingerprint density at radius 2 is 2.29 bits per heavy atom. The van der Waals surface area contributed by atoms with E-state index in [9.17, 15) is 9.59 Å². The molecular formula is C12H17N3O2. The van der Waals surface area contributed by atoms with E-state index in [4.69, 9.17) is 0 Å². The zero-order valence-electron chi connectivity index (χ0n) is 10.1. The number of pyridine rings is 1. The zero-order valence-corrected chi connectivity index (χ0v) is 10.1. The van der Waals surface area contributed by atoms with E-state index in [-0.39, 0.29) is 16.9 Å². The Balaban J connectivity index is 2.13. The number of nitrogens with zero attached hydrogens (tertiary/aromatic N) is 1. The molecule has 2 heterocycles.